The van der Waals surface area contributed by atoms with Crippen molar-refractivity contribution >= 4 is 33.5 Å². The first kappa shape index (κ1) is 21.4. The van der Waals surface area contributed by atoms with E-state index in [2.05, 4.69) is 10.0 Å². The first-order valence-electron chi connectivity index (χ1n) is 7.46. The van der Waals surface area contributed by atoms with Crippen molar-refractivity contribution in [1.82, 2.24) is 10.0 Å². The van der Waals surface area contributed by atoms with Gasteiger partial charge in [0.1, 0.15) is 0 Å². The van der Waals surface area contributed by atoms with Gasteiger partial charge < -0.3 is 15.2 Å². The van der Waals surface area contributed by atoms with Crippen LogP contribution in [-0.4, -0.2) is 51.4 Å². The molecule has 0 aliphatic heterocycles. The number of carboxylic acids is 1. The molecule has 0 aliphatic carbocycles. The van der Waals surface area contributed by atoms with E-state index in [1.54, 1.807) is 24.3 Å². The summed E-state index contributed by atoms with van der Waals surface area (Å²) in [5, 5.41) is 12.0. The zero-order chi connectivity index (χ0) is 18.9. The van der Waals surface area contributed by atoms with Gasteiger partial charge in [-0.15, -0.1) is 0 Å². The Morgan fingerprint density at radius 2 is 1.92 bits per heavy atom. The quantitative estimate of drug-likeness (QED) is 0.481. The number of hydrogen-bond donors (Lipinski definition) is 3. The topological polar surface area (TPSA) is 122 Å². The third-order valence-electron chi connectivity index (χ3n) is 3.20. The molecule has 0 saturated heterocycles. The maximum atomic E-state index is 12.0. The molecule has 1 atom stereocenters. The molecular formula is C15H21ClN2O6S. The van der Waals surface area contributed by atoms with Crippen LogP contribution in [0.3, 0.4) is 0 Å². The van der Waals surface area contributed by atoms with Crippen molar-refractivity contribution < 1.29 is 27.9 Å². The molecule has 1 aromatic carbocycles. The number of halogens is 1. The number of methoxy groups -OCH3 is 1. The third-order valence-corrected chi connectivity index (χ3v) is 4.86. The van der Waals surface area contributed by atoms with Gasteiger partial charge in [0.2, 0.25) is 15.9 Å². The maximum absolute atomic E-state index is 12.0. The molecule has 0 aliphatic rings. The zero-order valence-corrected chi connectivity index (χ0v) is 15.3. The second-order valence-electron chi connectivity index (χ2n) is 5.26. The predicted octanol–water partition coefficient (Wildman–Crippen LogP) is 0.928. The van der Waals surface area contributed by atoms with Crippen molar-refractivity contribution in [3.8, 4) is 0 Å². The Bertz CT molecular complexity index is 678. The van der Waals surface area contributed by atoms with Crippen molar-refractivity contribution in [1.29, 1.82) is 0 Å². The number of benzene rings is 1. The number of nitrogens with one attached hydrogen (secondary N) is 2. The Hall–Kier alpha value is -1.68. The summed E-state index contributed by atoms with van der Waals surface area (Å²) in [6.45, 7) is -0.177. The lowest BCUT2D eigenvalue weighted by Gasteiger charge is -2.18. The van der Waals surface area contributed by atoms with Gasteiger partial charge in [-0.3, -0.25) is 9.59 Å². The highest BCUT2D eigenvalue weighted by molar-refractivity contribution is 7.89. The van der Waals surface area contributed by atoms with Gasteiger partial charge in [-0.25, -0.2) is 13.1 Å². The van der Waals surface area contributed by atoms with E-state index >= 15 is 0 Å². The average molecular weight is 393 g/mol. The number of aliphatic carboxylic acids is 1. The molecule has 25 heavy (non-hydrogen) atoms. The standard InChI is InChI=1S/C15H21ClN2O6S/c1-24-7-2-8-25(22,23)17-10-14(19)18-13(9-15(20)21)11-3-5-12(16)6-4-11/h3-6,13,17H,2,7-10H2,1H3,(H,18,19)(H,20,21)/t13-/m0/s1. The molecule has 0 bridgehead atoms. The molecule has 0 heterocycles. The molecule has 0 saturated carbocycles. The van der Waals surface area contributed by atoms with E-state index in [-0.39, 0.29) is 12.2 Å². The fraction of sp³-hybridized carbons (Fsp3) is 0.467. The molecular weight excluding hydrogens is 372 g/mol. The number of sulfonamides is 1. The summed E-state index contributed by atoms with van der Waals surface area (Å²) in [7, 11) is -2.14. The van der Waals surface area contributed by atoms with Crippen molar-refractivity contribution in [2.45, 2.75) is 18.9 Å². The van der Waals surface area contributed by atoms with Gasteiger partial charge in [0.25, 0.3) is 0 Å². The molecule has 10 heteroatoms. The fourth-order valence-corrected chi connectivity index (χ4v) is 3.13. The number of amides is 1. The Kier molecular flexibility index (Phi) is 8.84. The van der Waals surface area contributed by atoms with Gasteiger partial charge in [-0.05, 0) is 24.1 Å². The minimum absolute atomic E-state index is 0.163. The maximum Gasteiger partial charge on any atom is 0.305 e. The van der Waals surface area contributed by atoms with Crippen LogP contribution >= 0.6 is 11.6 Å². The second kappa shape index (κ2) is 10.3. The van der Waals surface area contributed by atoms with Gasteiger partial charge in [-0.1, -0.05) is 23.7 Å². The van der Waals surface area contributed by atoms with Gasteiger partial charge in [0.15, 0.2) is 0 Å². The number of ether oxygens (including phenoxy) is 1. The molecule has 0 spiro atoms. The molecule has 0 aromatic heterocycles. The van der Waals surface area contributed by atoms with Crippen LogP contribution in [0.15, 0.2) is 24.3 Å². The first-order valence-corrected chi connectivity index (χ1v) is 9.49. The lowest BCUT2D eigenvalue weighted by Crippen LogP contribution is -2.40. The van der Waals surface area contributed by atoms with Gasteiger partial charge >= 0.3 is 5.97 Å². The Morgan fingerprint density at radius 3 is 2.48 bits per heavy atom. The number of carboxylic acid groups (broad SMARTS) is 1. The zero-order valence-electron chi connectivity index (χ0n) is 13.7. The molecule has 0 fully saturated rings. The third kappa shape index (κ3) is 8.82. The summed E-state index contributed by atoms with van der Waals surface area (Å²) in [4.78, 5) is 23.0. The second-order valence-corrected chi connectivity index (χ2v) is 7.62. The van der Waals surface area contributed by atoms with Gasteiger partial charge in [0.05, 0.1) is 24.8 Å². The smallest absolute Gasteiger partial charge is 0.305 e. The Morgan fingerprint density at radius 1 is 1.28 bits per heavy atom. The molecule has 1 amide bonds. The van der Waals surface area contributed by atoms with Crippen molar-refractivity contribution in [2.75, 3.05) is 26.0 Å². The monoisotopic (exact) mass is 392 g/mol. The van der Waals surface area contributed by atoms with E-state index in [9.17, 15) is 18.0 Å². The van der Waals surface area contributed by atoms with Crippen LogP contribution in [0.2, 0.25) is 5.02 Å². The van der Waals surface area contributed by atoms with Crippen molar-refractivity contribution in [2.24, 2.45) is 0 Å². The minimum atomic E-state index is -3.60. The van der Waals surface area contributed by atoms with Crippen LogP contribution in [0.5, 0.6) is 0 Å². The number of hydrogen-bond acceptors (Lipinski definition) is 5. The molecule has 0 radical (unpaired) electrons. The summed E-state index contributed by atoms with van der Waals surface area (Å²) >= 11 is 5.79. The highest BCUT2D eigenvalue weighted by atomic mass is 35.5. The van der Waals surface area contributed by atoms with Crippen LogP contribution in [-0.2, 0) is 24.3 Å². The summed E-state index contributed by atoms with van der Waals surface area (Å²) in [5.74, 6) is -1.89. The van der Waals surface area contributed by atoms with Crippen LogP contribution in [0, 0.1) is 0 Å². The molecule has 140 valence electrons. The van der Waals surface area contributed by atoms with Crippen molar-refractivity contribution in [3.05, 3.63) is 34.9 Å². The normalized spacial score (nSPS) is 12.6. The van der Waals surface area contributed by atoms with Crippen molar-refractivity contribution in [3.63, 3.8) is 0 Å². The predicted molar refractivity (Wildman–Crippen MR) is 92.9 cm³/mol. The average Bonchev–Trinajstić information content (AvgIpc) is 2.53. The number of carbonyl (C=O) groups is 2. The SMILES string of the molecule is COCCCS(=O)(=O)NCC(=O)N[C@@H](CC(=O)O)c1ccc(Cl)cc1. The van der Waals surface area contributed by atoms with Gasteiger partial charge in [-0.2, -0.15) is 0 Å². The van der Waals surface area contributed by atoms with E-state index in [0.29, 0.717) is 23.6 Å². The van der Waals surface area contributed by atoms with Gasteiger partial charge in [0, 0.05) is 18.7 Å². The highest BCUT2D eigenvalue weighted by Gasteiger charge is 2.19. The van der Waals surface area contributed by atoms with Crippen LogP contribution < -0.4 is 10.0 Å². The lowest BCUT2D eigenvalue weighted by atomic mass is 10.0. The van der Waals surface area contributed by atoms with E-state index < -0.39 is 34.5 Å². The summed E-state index contributed by atoms with van der Waals surface area (Å²) < 4.78 is 30.4. The molecule has 1 aromatic rings. The first-order chi connectivity index (χ1) is 11.7. The van der Waals surface area contributed by atoms with Crippen LogP contribution in [0.1, 0.15) is 24.4 Å². The molecule has 1 rings (SSSR count). The van der Waals surface area contributed by atoms with Crippen LogP contribution in [0.4, 0.5) is 0 Å². The van der Waals surface area contributed by atoms with Crippen LogP contribution in [0.25, 0.3) is 0 Å². The minimum Gasteiger partial charge on any atom is -0.481 e. The summed E-state index contributed by atoms with van der Waals surface area (Å²) in [6.07, 6.45) is -0.0339. The van der Waals surface area contributed by atoms with E-state index in [4.69, 9.17) is 21.4 Å². The number of rotatable bonds is 11. The molecule has 8 nitrogen and oxygen atoms in total. The summed E-state index contributed by atoms with van der Waals surface area (Å²) in [5.41, 5.74) is 0.558. The molecule has 0 unspecified atom stereocenters. The highest BCUT2D eigenvalue weighted by Crippen LogP contribution is 2.19. The summed E-state index contributed by atoms with van der Waals surface area (Å²) in [6, 6.07) is 5.57. The fourth-order valence-electron chi connectivity index (χ4n) is 2.01. The van der Waals surface area contributed by atoms with E-state index in [1.807, 2.05) is 0 Å². The lowest BCUT2D eigenvalue weighted by molar-refractivity contribution is -0.137. The number of carbonyl (C=O) groups excluding carboxylic acids is 1. The Balaban J connectivity index is 2.63. The molecule has 3 N–H and O–H groups in total. The van der Waals surface area contributed by atoms with E-state index in [1.165, 1.54) is 7.11 Å². The largest absolute Gasteiger partial charge is 0.481 e. The van der Waals surface area contributed by atoms with E-state index in [0.717, 1.165) is 0 Å². The Labute approximate surface area is 151 Å².